The lowest BCUT2D eigenvalue weighted by Crippen LogP contribution is -2.31. The molecule has 1 fully saturated rings. The molecule has 0 spiro atoms. The summed E-state index contributed by atoms with van der Waals surface area (Å²) in [7, 11) is -2.49. The van der Waals surface area contributed by atoms with Crippen molar-refractivity contribution in [2.75, 3.05) is 20.3 Å². The molecule has 1 amide bonds. The molecule has 31 heavy (non-hydrogen) atoms. The van der Waals surface area contributed by atoms with Crippen LogP contribution in [-0.4, -0.2) is 49.6 Å². The Morgan fingerprint density at radius 2 is 1.94 bits per heavy atom. The smallest absolute Gasteiger partial charge is 0.284 e. The number of carbonyl (C=O) groups is 1. The van der Waals surface area contributed by atoms with E-state index in [1.807, 2.05) is 0 Å². The van der Waals surface area contributed by atoms with Gasteiger partial charge in [-0.25, -0.2) is 0 Å². The maximum Gasteiger partial charge on any atom is 0.284 e. The summed E-state index contributed by atoms with van der Waals surface area (Å²) in [6.07, 6.45) is 1.97. The average Bonchev–Trinajstić information content (AvgIpc) is 3.03. The minimum absolute atomic E-state index is 0.0171. The van der Waals surface area contributed by atoms with Crippen molar-refractivity contribution in [3.8, 4) is 0 Å². The summed E-state index contributed by atoms with van der Waals surface area (Å²) in [6, 6.07) is 13.5. The van der Waals surface area contributed by atoms with E-state index in [1.54, 1.807) is 24.3 Å². The molecule has 2 aromatic rings. The Hall–Kier alpha value is -3.02. The molecule has 2 aromatic carbocycles. The number of nitro groups is 1. The van der Waals surface area contributed by atoms with Gasteiger partial charge in [0.15, 0.2) is 5.17 Å². The Kier molecular flexibility index (Phi) is 7.21. The Balaban J connectivity index is 1.97. The summed E-state index contributed by atoms with van der Waals surface area (Å²) in [6.45, 7) is 0.603. The minimum Gasteiger partial charge on any atom is -0.385 e. The van der Waals surface area contributed by atoms with Gasteiger partial charge in [-0.15, -0.1) is 4.40 Å². The van der Waals surface area contributed by atoms with E-state index in [9.17, 15) is 23.3 Å². The first kappa shape index (κ1) is 22.7. The van der Waals surface area contributed by atoms with Crippen LogP contribution < -0.4 is 0 Å². The number of hydrogen-bond donors (Lipinski definition) is 0. The van der Waals surface area contributed by atoms with Gasteiger partial charge in [-0.05, 0) is 42.0 Å². The number of amidine groups is 1. The Morgan fingerprint density at radius 1 is 1.19 bits per heavy atom. The number of methoxy groups -OCH3 is 1. The van der Waals surface area contributed by atoms with Gasteiger partial charge in [-0.3, -0.25) is 19.8 Å². The van der Waals surface area contributed by atoms with Gasteiger partial charge in [0.25, 0.3) is 21.6 Å². The number of sulfonamides is 1. The van der Waals surface area contributed by atoms with E-state index >= 15 is 0 Å². The summed E-state index contributed by atoms with van der Waals surface area (Å²) < 4.78 is 34.3. The maximum atomic E-state index is 12.9. The van der Waals surface area contributed by atoms with Crippen LogP contribution >= 0.6 is 11.8 Å². The third-order valence-electron chi connectivity index (χ3n) is 4.24. The molecule has 3 rings (SSSR count). The van der Waals surface area contributed by atoms with Crippen LogP contribution in [-0.2, 0) is 19.6 Å². The Labute approximate surface area is 183 Å². The van der Waals surface area contributed by atoms with Gasteiger partial charge in [0, 0.05) is 32.4 Å². The van der Waals surface area contributed by atoms with Crippen LogP contribution in [0.1, 0.15) is 12.0 Å². The molecule has 9 nitrogen and oxygen atoms in total. The average molecular weight is 462 g/mol. The molecule has 0 bridgehead atoms. The van der Waals surface area contributed by atoms with Crippen LogP contribution in [0.25, 0.3) is 6.08 Å². The first-order valence-corrected chi connectivity index (χ1v) is 11.4. The van der Waals surface area contributed by atoms with E-state index in [4.69, 9.17) is 4.74 Å². The number of non-ortho nitro benzene ring substituents is 1. The standard InChI is InChI=1S/C20H19N3O6S2/c1-29-12-6-11-22-19(24)18(14-15-7-5-8-16(13-15)23(25)26)30-20(22)21-31(27,28)17-9-3-2-4-10-17/h2-5,7-10,13-14H,6,11-12H2,1H3. The van der Waals surface area contributed by atoms with Gasteiger partial charge < -0.3 is 4.74 Å². The summed E-state index contributed by atoms with van der Waals surface area (Å²) in [5.41, 5.74) is 0.344. The number of nitrogens with zero attached hydrogens (tertiary/aromatic N) is 3. The van der Waals surface area contributed by atoms with E-state index in [2.05, 4.69) is 4.40 Å². The summed E-state index contributed by atoms with van der Waals surface area (Å²) in [4.78, 5) is 24.9. The number of nitro benzene ring substituents is 1. The van der Waals surface area contributed by atoms with Gasteiger partial charge >= 0.3 is 0 Å². The zero-order chi connectivity index (χ0) is 22.4. The van der Waals surface area contributed by atoms with Crippen LogP contribution in [0.5, 0.6) is 0 Å². The minimum atomic E-state index is -4.02. The fraction of sp³-hybridized carbons (Fsp3) is 0.200. The largest absolute Gasteiger partial charge is 0.385 e. The fourth-order valence-electron chi connectivity index (χ4n) is 2.77. The lowest BCUT2D eigenvalue weighted by atomic mass is 10.2. The molecular formula is C20H19N3O6S2. The van der Waals surface area contributed by atoms with Gasteiger partial charge in [0.1, 0.15) is 0 Å². The molecule has 162 valence electrons. The molecule has 0 unspecified atom stereocenters. The molecular weight excluding hydrogens is 442 g/mol. The van der Waals surface area contributed by atoms with Crippen LogP contribution in [0.4, 0.5) is 5.69 Å². The van der Waals surface area contributed by atoms with Crippen molar-refractivity contribution in [1.82, 2.24) is 4.90 Å². The molecule has 11 heteroatoms. The van der Waals surface area contributed by atoms with E-state index < -0.39 is 20.9 Å². The molecule has 0 aliphatic carbocycles. The van der Waals surface area contributed by atoms with Gasteiger partial charge in [-0.2, -0.15) is 8.42 Å². The molecule has 0 atom stereocenters. The highest BCUT2D eigenvalue weighted by molar-refractivity contribution is 8.19. The Morgan fingerprint density at radius 3 is 2.61 bits per heavy atom. The number of thioether (sulfide) groups is 1. The number of benzene rings is 2. The SMILES string of the molecule is COCCCN1C(=O)C(=Cc2cccc([N+](=O)[O-])c2)SC1=NS(=O)(=O)c1ccccc1. The predicted octanol–water partition coefficient (Wildman–Crippen LogP) is 3.29. The number of rotatable bonds is 8. The number of amides is 1. The molecule has 0 saturated carbocycles. The van der Waals surface area contributed by atoms with E-state index in [1.165, 1.54) is 48.4 Å². The highest BCUT2D eigenvalue weighted by atomic mass is 32.2. The third-order valence-corrected chi connectivity index (χ3v) is 6.64. The summed E-state index contributed by atoms with van der Waals surface area (Å²) in [5.74, 6) is -0.422. The third kappa shape index (κ3) is 5.57. The predicted molar refractivity (Wildman–Crippen MR) is 118 cm³/mol. The molecule has 1 aliphatic rings. The van der Waals surface area contributed by atoms with Gasteiger partial charge in [0.05, 0.1) is 14.7 Å². The summed E-state index contributed by atoms with van der Waals surface area (Å²) in [5, 5.41) is 11.0. The van der Waals surface area contributed by atoms with Gasteiger partial charge in [-0.1, -0.05) is 30.3 Å². The van der Waals surface area contributed by atoms with E-state index in [0.29, 0.717) is 18.6 Å². The van der Waals surface area contributed by atoms with Crippen molar-refractivity contribution in [2.24, 2.45) is 4.40 Å². The quantitative estimate of drug-likeness (QED) is 0.256. The fourth-order valence-corrected chi connectivity index (χ4v) is 5.00. The van der Waals surface area contributed by atoms with Crippen molar-refractivity contribution in [3.05, 3.63) is 75.2 Å². The Bertz CT molecular complexity index is 1150. The van der Waals surface area contributed by atoms with Crippen molar-refractivity contribution in [1.29, 1.82) is 0 Å². The van der Waals surface area contributed by atoms with Crippen molar-refractivity contribution in [3.63, 3.8) is 0 Å². The molecule has 1 aliphatic heterocycles. The maximum absolute atomic E-state index is 12.9. The lowest BCUT2D eigenvalue weighted by Gasteiger charge is -2.15. The van der Waals surface area contributed by atoms with Crippen LogP contribution in [0.2, 0.25) is 0 Å². The monoisotopic (exact) mass is 461 g/mol. The van der Waals surface area contributed by atoms with Crippen LogP contribution in [0.15, 0.2) is 68.8 Å². The van der Waals surface area contributed by atoms with Crippen molar-refractivity contribution >= 4 is 44.6 Å². The van der Waals surface area contributed by atoms with Crippen molar-refractivity contribution in [2.45, 2.75) is 11.3 Å². The molecule has 0 radical (unpaired) electrons. The normalized spacial score (nSPS) is 16.9. The molecule has 1 heterocycles. The molecule has 0 N–H and O–H groups in total. The molecule has 1 saturated heterocycles. The van der Waals surface area contributed by atoms with Crippen LogP contribution in [0.3, 0.4) is 0 Å². The highest BCUT2D eigenvalue weighted by Crippen LogP contribution is 2.34. The number of hydrogen-bond acceptors (Lipinski definition) is 7. The topological polar surface area (TPSA) is 119 Å². The van der Waals surface area contributed by atoms with E-state index in [-0.39, 0.29) is 27.2 Å². The zero-order valence-corrected chi connectivity index (χ0v) is 18.1. The molecule has 0 aromatic heterocycles. The van der Waals surface area contributed by atoms with E-state index in [0.717, 1.165) is 11.8 Å². The first-order valence-electron chi connectivity index (χ1n) is 9.16. The van der Waals surface area contributed by atoms with Crippen molar-refractivity contribution < 1.29 is 22.9 Å². The second-order valence-corrected chi connectivity index (χ2v) is 9.04. The lowest BCUT2D eigenvalue weighted by molar-refractivity contribution is -0.384. The zero-order valence-electron chi connectivity index (χ0n) is 16.5. The number of ether oxygens (including phenoxy) is 1. The summed E-state index contributed by atoms with van der Waals surface area (Å²) >= 11 is 0.913. The number of carbonyl (C=O) groups excluding carboxylic acids is 1. The van der Waals surface area contributed by atoms with Gasteiger partial charge in [0.2, 0.25) is 0 Å². The highest BCUT2D eigenvalue weighted by Gasteiger charge is 2.34. The van der Waals surface area contributed by atoms with Crippen LogP contribution in [0, 0.1) is 10.1 Å². The first-order chi connectivity index (χ1) is 14.8. The second-order valence-electron chi connectivity index (χ2n) is 6.43. The second kappa shape index (κ2) is 9.86.